The zero-order chi connectivity index (χ0) is 12.5. The molecular formula is C10H5F3N2OS. The number of hydrogen-bond donors (Lipinski definition) is 0. The van der Waals surface area contributed by atoms with Crippen molar-refractivity contribution < 1.29 is 18.0 Å². The highest BCUT2D eigenvalue weighted by Gasteiger charge is 2.40. The highest BCUT2D eigenvalue weighted by molar-refractivity contribution is 7.17. The van der Waals surface area contributed by atoms with Gasteiger partial charge in [-0.2, -0.15) is 13.2 Å². The highest BCUT2D eigenvalue weighted by atomic mass is 32.1. The minimum absolute atomic E-state index is 0.361. The van der Waals surface area contributed by atoms with E-state index in [0.717, 1.165) is 6.20 Å². The Morgan fingerprint density at radius 1 is 1.24 bits per heavy atom. The van der Waals surface area contributed by atoms with Crippen molar-refractivity contribution in [1.29, 1.82) is 0 Å². The molecule has 0 aliphatic heterocycles. The first kappa shape index (κ1) is 11.7. The van der Waals surface area contributed by atoms with E-state index >= 15 is 0 Å². The third-order valence-electron chi connectivity index (χ3n) is 1.91. The quantitative estimate of drug-likeness (QED) is 0.778. The summed E-state index contributed by atoms with van der Waals surface area (Å²) in [7, 11) is 0. The van der Waals surface area contributed by atoms with Crippen molar-refractivity contribution >= 4 is 17.1 Å². The van der Waals surface area contributed by atoms with Crippen LogP contribution in [0, 0.1) is 0 Å². The second-order valence-electron chi connectivity index (χ2n) is 3.09. The number of Topliss-reactive ketones (excluding diaryl/α,β-unsaturated/α-hetero) is 1. The fourth-order valence-electron chi connectivity index (χ4n) is 1.15. The van der Waals surface area contributed by atoms with Crippen LogP contribution < -0.4 is 0 Å². The van der Waals surface area contributed by atoms with Gasteiger partial charge in [0.15, 0.2) is 0 Å². The van der Waals surface area contributed by atoms with Crippen LogP contribution in [0.4, 0.5) is 13.2 Å². The minimum Gasteiger partial charge on any atom is -0.283 e. The number of carbonyl (C=O) groups excluding carboxylic acids is 1. The molecule has 2 aromatic rings. The molecule has 2 aromatic heterocycles. The number of nitrogens with zero attached hydrogens (tertiary/aromatic N) is 2. The number of halogens is 3. The van der Waals surface area contributed by atoms with Gasteiger partial charge < -0.3 is 0 Å². The van der Waals surface area contributed by atoms with Gasteiger partial charge in [-0.1, -0.05) is 0 Å². The van der Waals surface area contributed by atoms with Gasteiger partial charge >= 0.3 is 6.18 Å². The summed E-state index contributed by atoms with van der Waals surface area (Å²) in [6.07, 6.45) is -0.914. The van der Waals surface area contributed by atoms with E-state index in [4.69, 9.17) is 0 Å². The van der Waals surface area contributed by atoms with Crippen LogP contribution >= 0.6 is 11.3 Å². The third kappa shape index (κ3) is 2.50. The largest absolute Gasteiger partial charge is 0.455 e. The Morgan fingerprint density at radius 2 is 1.88 bits per heavy atom. The van der Waals surface area contributed by atoms with Crippen molar-refractivity contribution in [3.8, 4) is 10.6 Å². The van der Waals surface area contributed by atoms with Crippen molar-refractivity contribution in [3.05, 3.63) is 35.6 Å². The van der Waals surface area contributed by atoms with E-state index in [1.807, 2.05) is 0 Å². The van der Waals surface area contributed by atoms with Crippen LogP contribution in [0.25, 0.3) is 10.6 Å². The maximum absolute atomic E-state index is 12.2. The van der Waals surface area contributed by atoms with Gasteiger partial charge in [0, 0.05) is 24.2 Å². The summed E-state index contributed by atoms with van der Waals surface area (Å²) >= 11 is 0.713. The summed E-state index contributed by atoms with van der Waals surface area (Å²) in [5, 5.41) is 0.361. The number of carbonyl (C=O) groups is 1. The highest BCUT2D eigenvalue weighted by Crippen LogP contribution is 2.29. The van der Waals surface area contributed by atoms with E-state index in [2.05, 4.69) is 9.97 Å². The van der Waals surface area contributed by atoms with Crippen molar-refractivity contribution in [1.82, 2.24) is 9.97 Å². The maximum atomic E-state index is 12.2. The van der Waals surface area contributed by atoms with E-state index < -0.39 is 16.8 Å². The summed E-state index contributed by atoms with van der Waals surface area (Å²) < 4.78 is 36.5. The molecule has 0 atom stereocenters. The molecule has 0 fully saturated rings. The average Bonchev–Trinajstić information content (AvgIpc) is 2.77. The monoisotopic (exact) mass is 258 g/mol. The average molecular weight is 258 g/mol. The summed E-state index contributed by atoms with van der Waals surface area (Å²) in [4.78, 5) is 18.1. The molecule has 0 aliphatic carbocycles. The maximum Gasteiger partial charge on any atom is 0.455 e. The lowest BCUT2D eigenvalue weighted by Crippen LogP contribution is -2.21. The first-order chi connectivity index (χ1) is 7.98. The number of thiazole rings is 1. The van der Waals surface area contributed by atoms with Gasteiger partial charge in [-0.3, -0.25) is 9.78 Å². The fourth-order valence-corrected chi connectivity index (χ4v) is 2.03. The van der Waals surface area contributed by atoms with Crippen LogP contribution in [-0.4, -0.2) is 21.9 Å². The molecule has 0 aromatic carbocycles. The van der Waals surface area contributed by atoms with Crippen LogP contribution in [0.3, 0.4) is 0 Å². The lowest BCUT2D eigenvalue weighted by Gasteiger charge is -2.00. The molecule has 0 N–H and O–H groups in total. The van der Waals surface area contributed by atoms with Crippen LogP contribution in [0.15, 0.2) is 30.7 Å². The molecular weight excluding hydrogens is 253 g/mol. The fraction of sp³-hybridized carbons (Fsp3) is 0.100. The smallest absolute Gasteiger partial charge is 0.283 e. The lowest BCUT2D eigenvalue weighted by molar-refractivity contribution is -0.0882. The van der Waals surface area contributed by atoms with Crippen LogP contribution in [0.5, 0.6) is 0 Å². The first-order valence-corrected chi connectivity index (χ1v) is 5.28. The molecule has 2 heterocycles. The molecule has 2 rings (SSSR count). The summed E-state index contributed by atoms with van der Waals surface area (Å²) in [5.41, 5.74) is 0.631. The first-order valence-electron chi connectivity index (χ1n) is 4.46. The Morgan fingerprint density at radius 3 is 2.47 bits per heavy atom. The normalized spacial score (nSPS) is 11.5. The molecule has 0 saturated heterocycles. The summed E-state index contributed by atoms with van der Waals surface area (Å²) in [6, 6.07) is 3.22. The van der Waals surface area contributed by atoms with Crippen molar-refractivity contribution in [2.45, 2.75) is 6.18 Å². The Balaban J connectivity index is 2.32. The Labute approximate surface area is 98.0 Å². The van der Waals surface area contributed by atoms with Gasteiger partial charge in [0.2, 0.25) is 0 Å². The van der Waals surface area contributed by atoms with Gasteiger partial charge in [-0.15, -0.1) is 11.3 Å². The number of hydrogen-bond acceptors (Lipinski definition) is 4. The number of pyridine rings is 1. The molecule has 7 heteroatoms. The Kier molecular flexibility index (Phi) is 2.93. The van der Waals surface area contributed by atoms with Gasteiger partial charge in [-0.25, -0.2) is 4.98 Å². The van der Waals surface area contributed by atoms with Crippen molar-refractivity contribution in [2.75, 3.05) is 0 Å². The number of ketones is 1. The number of alkyl halides is 3. The van der Waals surface area contributed by atoms with Crippen LogP contribution in [-0.2, 0) is 0 Å². The van der Waals surface area contributed by atoms with Crippen LogP contribution in [0.1, 0.15) is 9.67 Å². The predicted molar refractivity (Wildman–Crippen MR) is 55.7 cm³/mol. The molecule has 0 amide bonds. The Bertz CT molecular complexity index is 536. The van der Waals surface area contributed by atoms with Gasteiger partial charge in [0.05, 0.1) is 0 Å². The summed E-state index contributed by atoms with van der Waals surface area (Å²) in [6.45, 7) is 0. The van der Waals surface area contributed by atoms with E-state index in [1.165, 1.54) is 12.4 Å². The number of aromatic nitrogens is 2. The van der Waals surface area contributed by atoms with E-state index in [0.29, 0.717) is 21.9 Å². The topological polar surface area (TPSA) is 42.9 Å². The molecule has 0 aliphatic rings. The van der Waals surface area contributed by atoms with Crippen molar-refractivity contribution in [2.24, 2.45) is 0 Å². The molecule has 3 nitrogen and oxygen atoms in total. The summed E-state index contributed by atoms with van der Waals surface area (Å²) in [5.74, 6) is -1.87. The van der Waals surface area contributed by atoms with Gasteiger partial charge in [0.1, 0.15) is 9.88 Å². The SMILES string of the molecule is O=C(c1cnc(-c2ccncc2)s1)C(F)(F)F. The standard InChI is InChI=1S/C10H5F3N2OS/c11-10(12,13)8(16)7-5-15-9(17-7)6-1-3-14-4-2-6/h1-5H. The lowest BCUT2D eigenvalue weighted by atomic mass is 10.3. The number of rotatable bonds is 2. The zero-order valence-electron chi connectivity index (χ0n) is 8.23. The molecule has 88 valence electrons. The van der Waals surface area contributed by atoms with E-state index in [1.54, 1.807) is 12.1 Å². The molecule has 0 saturated carbocycles. The second-order valence-corrected chi connectivity index (χ2v) is 4.12. The zero-order valence-corrected chi connectivity index (χ0v) is 9.05. The molecule has 0 radical (unpaired) electrons. The predicted octanol–water partition coefficient (Wildman–Crippen LogP) is 2.95. The molecule has 0 bridgehead atoms. The molecule has 0 spiro atoms. The van der Waals surface area contributed by atoms with Crippen LogP contribution in [0.2, 0.25) is 0 Å². The Hall–Kier alpha value is -1.76. The van der Waals surface area contributed by atoms with Gasteiger partial charge in [0.25, 0.3) is 5.78 Å². The second kappa shape index (κ2) is 4.25. The molecule has 0 unspecified atom stereocenters. The minimum atomic E-state index is -4.86. The van der Waals surface area contributed by atoms with E-state index in [-0.39, 0.29) is 0 Å². The van der Waals surface area contributed by atoms with Gasteiger partial charge in [-0.05, 0) is 12.1 Å². The van der Waals surface area contributed by atoms with E-state index in [9.17, 15) is 18.0 Å². The van der Waals surface area contributed by atoms with Crippen molar-refractivity contribution in [3.63, 3.8) is 0 Å². The molecule has 17 heavy (non-hydrogen) atoms. The third-order valence-corrected chi connectivity index (χ3v) is 2.96.